The van der Waals surface area contributed by atoms with Crippen LogP contribution in [0.5, 0.6) is 11.5 Å². The maximum absolute atomic E-state index is 13.3. The Bertz CT molecular complexity index is 1290. The quantitative estimate of drug-likeness (QED) is 0.110. The average Bonchev–Trinajstić information content (AvgIpc) is 2.84. The fourth-order valence-electron chi connectivity index (χ4n) is 3.20. The minimum atomic E-state index is -4.38. The molecule has 0 aliphatic heterocycles. The summed E-state index contributed by atoms with van der Waals surface area (Å²) >= 11 is 0. The monoisotopic (exact) mass is 480 g/mol. The first-order chi connectivity index (χ1) is 16.0. The van der Waals surface area contributed by atoms with E-state index in [1.54, 1.807) is 42.5 Å². The molecule has 0 saturated carbocycles. The van der Waals surface area contributed by atoms with Crippen molar-refractivity contribution >= 4 is 54.8 Å². The van der Waals surface area contributed by atoms with E-state index in [0.717, 1.165) is 11.1 Å². The van der Waals surface area contributed by atoms with Crippen molar-refractivity contribution in [2.24, 2.45) is 0 Å². The number of Topliss-reactive ketones (excluding diaryl/α,β-unsaturated/α-hetero) is 1. The van der Waals surface area contributed by atoms with E-state index in [0.29, 0.717) is 11.1 Å². The predicted octanol–water partition coefficient (Wildman–Crippen LogP) is 6.02. The Morgan fingerprint density at radius 3 is 1.68 bits per heavy atom. The van der Waals surface area contributed by atoms with Gasteiger partial charge in [0.15, 0.2) is 5.78 Å². The number of hydrogen-bond acceptors (Lipinski definition) is 4. The number of rotatable bonds is 8. The van der Waals surface area contributed by atoms with Gasteiger partial charge >= 0.3 is 37.4 Å². The molecule has 0 aromatic heterocycles. The van der Waals surface area contributed by atoms with Crippen LogP contribution in [0.1, 0.15) is 21.5 Å². The zero-order valence-electron chi connectivity index (χ0n) is 17.6. The molecular formula is C27H22NaO5P. The summed E-state index contributed by atoms with van der Waals surface area (Å²) in [6, 6.07) is 33.3. The van der Waals surface area contributed by atoms with E-state index in [2.05, 4.69) is 0 Å². The van der Waals surface area contributed by atoms with Crippen molar-refractivity contribution < 1.29 is 23.3 Å². The number of hydrogen-bond donors (Lipinski definition) is 1. The molecule has 4 aromatic carbocycles. The number of para-hydroxylation sites is 1. The Morgan fingerprint density at radius 2 is 1.12 bits per heavy atom. The summed E-state index contributed by atoms with van der Waals surface area (Å²) in [7, 11) is -4.38. The molecule has 5 nitrogen and oxygen atoms in total. The van der Waals surface area contributed by atoms with Crippen LogP contribution in [-0.4, -0.2) is 40.2 Å². The van der Waals surface area contributed by atoms with Crippen LogP contribution in [0.2, 0.25) is 0 Å². The van der Waals surface area contributed by atoms with Crippen LogP contribution in [0.15, 0.2) is 115 Å². The van der Waals surface area contributed by atoms with Crippen LogP contribution in [0, 0.1) is 0 Å². The maximum atomic E-state index is 13.3. The van der Waals surface area contributed by atoms with Crippen LogP contribution in [-0.2, 0) is 4.57 Å². The molecule has 1 unspecified atom stereocenters. The van der Waals surface area contributed by atoms with Gasteiger partial charge in [-0.2, -0.15) is 0 Å². The van der Waals surface area contributed by atoms with Gasteiger partial charge in [-0.25, -0.2) is 4.57 Å². The Balaban J connectivity index is 0.00000324. The summed E-state index contributed by atoms with van der Waals surface area (Å²) in [6.45, 7) is 0. The van der Waals surface area contributed by atoms with Gasteiger partial charge in [-0.05, 0) is 53.6 Å². The molecule has 7 heteroatoms. The fourth-order valence-corrected chi connectivity index (χ4v) is 4.02. The molecular weight excluding hydrogens is 458 g/mol. The van der Waals surface area contributed by atoms with Crippen LogP contribution in [0.3, 0.4) is 0 Å². The van der Waals surface area contributed by atoms with Gasteiger partial charge in [-0.15, -0.1) is 0 Å². The molecule has 4 aromatic rings. The average molecular weight is 480 g/mol. The predicted molar refractivity (Wildman–Crippen MR) is 136 cm³/mol. The Morgan fingerprint density at radius 1 is 0.647 bits per heavy atom. The molecule has 0 radical (unpaired) electrons. The molecule has 0 bridgehead atoms. The van der Waals surface area contributed by atoms with Crippen LogP contribution in [0.25, 0.3) is 11.6 Å². The van der Waals surface area contributed by atoms with E-state index in [1.807, 2.05) is 66.7 Å². The number of carbonyl (C=O) groups is 1. The second kappa shape index (κ2) is 12.0. The molecule has 0 aliphatic rings. The third kappa shape index (κ3) is 7.04. The van der Waals surface area contributed by atoms with Crippen molar-refractivity contribution in [3.05, 3.63) is 132 Å². The second-order valence-corrected chi connectivity index (χ2v) is 8.45. The van der Waals surface area contributed by atoms with Gasteiger partial charge < -0.3 is 9.05 Å². The van der Waals surface area contributed by atoms with E-state index in [9.17, 15) is 14.3 Å². The zero-order valence-corrected chi connectivity index (χ0v) is 18.5. The number of allylic oxidation sites excluding steroid dienone is 1. The summed E-state index contributed by atoms with van der Waals surface area (Å²) in [5.41, 5.74) is 2.66. The van der Waals surface area contributed by atoms with Crippen molar-refractivity contribution in [3.63, 3.8) is 0 Å². The first-order valence-corrected chi connectivity index (χ1v) is 11.7. The van der Waals surface area contributed by atoms with Crippen LogP contribution >= 0.6 is 7.82 Å². The Labute approximate surface area is 220 Å². The van der Waals surface area contributed by atoms with Crippen LogP contribution in [0.4, 0.5) is 0 Å². The van der Waals surface area contributed by atoms with Gasteiger partial charge in [-0.1, -0.05) is 78.9 Å². The van der Waals surface area contributed by atoms with Crippen molar-refractivity contribution in [2.45, 2.75) is 0 Å². The van der Waals surface area contributed by atoms with E-state index in [-0.39, 0.29) is 46.8 Å². The molecule has 34 heavy (non-hydrogen) atoms. The first-order valence-electron chi connectivity index (χ1n) is 10.2. The molecule has 0 fully saturated rings. The van der Waals surface area contributed by atoms with Gasteiger partial charge in [0, 0.05) is 11.1 Å². The summed E-state index contributed by atoms with van der Waals surface area (Å²) in [5, 5.41) is 0. The third-order valence-corrected chi connectivity index (χ3v) is 5.62. The number of carbonyl (C=O) groups excluding carboxylic acids is 1. The summed E-state index contributed by atoms with van der Waals surface area (Å²) < 4.78 is 22.5. The van der Waals surface area contributed by atoms with Gasteiger partial charge in [0.25, 0.3) is 0 Å². The van der Waals surface area contributed by atoms with E-state index in [4.69, 9.17) is 9.05 Å². The molecule has 0 aliphatic carbocycles. The second-order valence-electron chi connectivity index (χ2n) is 7.15. The van der Waals surface area contributed by atoms with Crippen molar-refractivity contribution in [3.8, 4) is 11.5 Å². The van der Waals surface area contributed by atoms with Crippen molar-refractivity contribution in [1.29, 1.82) is 0 Å². The zero-order chi connectivity index (χ0) is 23.1. The number of phosphoric ester groups is 1. The molecule has 1 N–H and O–H groups in total. The SMILES string of the molecule is O=C(C(=Cc1ccccc1)c1ccccc1)c1ccc(OP(=O)(O)Oc2ccccc2)cc1.[NaH]. The number of benzene rings is 4. The Hall–Kier alpha value is -2.92. The summed E-state index contributed by atoms with van der Waals surface area (Å²) in [5.74, 6) is 0.152. The minimum absolute atomic E-state index is 0. The molecule has 166 valence electrons. The van der Waals surface area contributed by atoms with Gasteiger partial charge in [0.1, 0.15) is 11.5 Å². The molecule has 4 rings (SSSR count). The molecule has 0 saturated heterocycles. The fraction of sp³-hybridized carbons (Fsp3) is 0. The molecule has 0 heterocycles. The molecule has 0 amide bonds. The Kier molecular flexibility index (Phi) is 9.05. The van der Waals surface area contributed by atoms with Crippen molar-refractivity contribution in [2.75, 3.05) is 0 Å². The third-order valence-electron chi connectivity index (χ3n) is 4.74. The topological polar surface area (TPSA) is 72.8 Å². The normalized spacial score (nSPS) is 12.7. The van der Waals surface area contributed by atoms with Gasteiger partial charge in [0.2, 0.25) is 0 Å². The summed E-state index contributed by atoms with van der Waals surface area (Å²) in [4.78, 5) is 23.4. The number of ketones is 1. The number of phosphoric acid groups is 1. The molecule has 0 spiro atoms. The van der Waals surface area contributed by atoms with Crippen LogP contribution < -0.4 is 9.05 Å². The van der Waals surface area contributed by atoms with Crippen molar-refractivity contribution in [1.82, 2.24) is 0 Å². The van der Waals surface area contributed by atoms with Gasteiger partial charge in [-0.3, -0.25) is 9.69 Å². The van der Waals surface area contributed by atoms with E-state index >= 15 is 0 Å². The molecule has 1 atom stereocenters. The summed E-state index contributed by atoms with van der Waals surface area (Å²) in [6.07, 6.45) is 1.84. The van der Waals surface area contributed by atoms with Gasteiger partial charge in [0.05, 0.1) is 0 Å². The first kappa shape index (κ1) is 25.7. The van der Waals surface area contributed by atoms with E-state index in [1.165, 1.54) is 12.1 Å². The van der Waals surface area contributed by atoms with E-state index < -0.39 is 7.82 Å². The standard InChI is InChI=1S/C27H21O5P.Na.H/c28-27(26(22-12-6-2-7-13-22)20-21-10-4-1-5-11-21)23-16-18-25(19-17-23)32-33(29,30)31-24-14-8-3-9-15-24;;/h1-20H,(H,29,30);;.